The number of aryl methyl sites for hydroxylation is 2. The summed E-state index contributed by atoms with van der Waals surface area (Å²) in [4.78, 5) is 11.0. The van der Waals surface area contributed by atoms with E-state index in [2.05, 4.69) is 0 Å². The Morgan fingerprint density at radius 2 is 1.72 bits per heavy atom. The highest BCUT2D eigenvalue weighted by Gasteiger charge is 2.08. The highest BCUT2D eigenvalue weighted by Crippen LogP contribution is 2.26. The summed E-state index contributed by atoms with van der Waals surface area (Å²) in [7, 11) is 0. The summed E-state index contributed by atoms with van der Waals surface area (Å²) in [6.07, 6.45) is 0. The van der Waals surface area contributed by atoms with Crippen LogP contribution in [0.4, 0.5) is 0 Å². The molecule has 0 aliphatic heterocycles. The predicted molar refractivity (Wildman–Crippen MR) is 73.3 cm³/mol. The van der Waals surface area contributed by atoms with Gasteiger partial charge in [-0.3, -0.25) is 0 Å². The number of rotatable bonds is 2. The molecule has 0 saturated heterocycles. The van der Waals surface area contributed by atoms with E-state index in [9.17, 15) is 4.79 Å². The number of aromatic carboxylic acids is 1. The van der Waals surface area contributed by atoms with Crippen LogP contribution in [0.25, 0.3) is 11.1 Å². The molecule has 2 nitrogen and oxygen atoms in total. The van der Waals surface area contributed by atoms with Crippen LogP contribution in [0, 0.1) is 13.8 Å². The number of carbonyl (C=O) groups is 1. The number of benzene rings is 2. The van der Waals surface area contributed by atoms with Crippen molar-refractivity contribution in [3.8, 4) is 11.1 Å². The standard InChI is InChI=1S/C15H13ClO2/c1-9-3-4-11(5-10(9)2)12-6-13(15(17)18)8-14(16)7-12/h3-8H,1-2H3,(H,17,18). The van der Waals surface area contributed by atoms with Gasteiger partial charge in [0.25, 0.3) is 0 Å². The number of carboxylic acid groups (broad SMARTS) is 1. The fourth-order valence-corrected chi connectivity index (χ4v) is 2.04. The molecular weight excluding hydrogens is 248 g/mol. The van der Waals surface area contributed by atoms with Crippen molar-refractivity contribution in [1.29, 1.82) is 0 Å². The summed E-state index contributed by atoms with van der Waals surface area (Å²) in [5, 5.41) is 9.45. The van der Waals surface area contributed by atoms with Crippen molar-refractivity contribution in [2.24, 2.45) is 0 Å². The molecule has 0 amide bonds. The average Bonchev–Trinajstić information content (AvgIpc) is 2.31. The highest BCUT2D eigenvalue weighted by molar-refractivity contribution is 6.31. The Hall–Kier alpha value is -1.80. The van der Waals surface area contributed by atoms with Crippen LogP contribution < -0.4 is 0 Å². The zero-order valence-corrected chi connectivity index (χ0v) is 11.0. The Kier molecular flexibility index (Phi) is 3.39. The molecule has 2 aromatic rings. The molecule has 0 atom stereocenters. The van der Waals surface area contributed by atoms with Crippen molar-refractivity contribution < 1.29 is 9.90 Å². The van der Waals surface area contributed by atoms with E-state index in [0.29, 0.717) is 5.02 Å². The topological polar surface area (TPSA) is 37.3 Å². The summed E-state index contributed by atoms with van der Waals surface area (Å²) in [6.45, 7) is 4.07. The smallest absolute Gasteiger partial charge is 0.335 e. The fraction of sp³-hybridized carbons (Fsp3) is 0.133. The molecule has 2 aromatic carbocycles. The minimum atomic E-state index is -0.970. The minimum absolute atomic E-state index is 0.204. The second-order valence-corrected chi connectivity index (χ2v) is 4.77. The lowest BCUT2D eigenvalue weighted by atomic mass is 9.99. The van der Waals surface area contributed by atoms with Crippen molar-refractivity contribution in [2.45, 2.75) is 13.8 Å². The third-order valence-corrected chi connectivity index (χ3v) is 3.20. The van der Waals surface area contributed by atoms with Crippen molar-refractivity contribution in [3.63, 3.8) is 0 Å². The van der Waals surface area contributed by atoms with Gasteiger partial charge in [0, 0.05) is 5.02 Å². The first kappa shape index (κ1) is 12.7. The molecular formula is C15H13ClO2. The summed E-state index contributed by atoms with van der Waals surface area (Å²) in [5.74, 6) is -0.970. The van der Waals surface area contributed by atoms with Crippen molar-refractivity contribution in [1.82, 2.24) is 0 Å². The maximum absolute atomic E-state index is 11.0. The van der Waals surface area contributed by atoms with Gasteiger partial charge < -0.3 is 5.11 Å². The van der Waals surface area contributed by atoms with Gasteiger partial charge in [0.05, 0.1) is 5.56 Å². The SMILES string of the molecule is Cc1ccc(-c2cc(Cl)cc(C(=O)O)c2)cc1C. The second-order valence-electron chi connectivity index (χ2n) is 4.33. The molecule has 92 valence electrons. The highest BCUT2D eigenvalue weighted by atomic mass is 35.5. The van der Waals surface area contributed by atoms with Gasteiger partial charge >= 0.3 is 5.97 Å². The first-order valence-corrected chi connectivity index (χ1v) is 5.96. The first-order chi connectivity index (χ1) is 8.47. The molecule has 0 aromatic heterocycles. The number of carboxylic acids is 1. The fourth-order valence-electron chi connectivity index (χ4n) is 1.80. The molecule has 0 unspecified atom stereocenters. The van der Waals surface area contributed by atoms with E-state index in [0.717, 1.165) is 11.1 Å². The molecule has 1 N–H and O–H groups in total. The molecule has 3 heteroatoms. The summed E-state index contributed by atoms with van der Waals surface area (Å²) < 4.78 is 0. The van der Waals surface area contributed by atoms with E-state index in [-0.39, 0.29) is 5.56 Å². The van der Waals surface area contributed by atoms with Gasteiger partial charge in [-0.15, -0.1) is 0 Å². The Balaban J connectivity index is 2.56. The molecule has 0 saturated carbocycles. The van der Waals surface area contributed by atoms with Crippen LogP contribution in [0.2, 0.25) is 5.02 Å². The second kappa shape index (κ2) is 4.83. The van der Waals surface area contributed by atoms with Gasteiger partial charge in [-0.1, -0.05) is 29.8 Å². The Bertz CT molecular complexity index is 618. The molecule has 0 spiro atoms. The molecule has 0 fully saturated rings. The quantitative estimate of drug-likeness (QED) is 0.873. The molecule has 2 rings (SSSR count). The molecule has 0 radical (unpaired) electrons. The Labute approximate surface area is 111 Å². The molecule has 0 heterocycles. The van der Waals surface area contributed by atoms with Crippen LogP contribution in [-0.4, -0.2) is 11.1 Å². The van der Waals surface area contributed by atoms with E-state index in [1.165, 1.54) is 17.2 Å². The van der Waals surface area contributed by atoms with E-state index in [4.69, 9.17) is 16.7 Å². The number of halogens is 1. The summed E-state index contributed by atoms with van der Waals surface area (Å²) in [6, 6.07) is 10.9. The van der Waals surface area contributed by atoms with E-state index in [1.807, 2.05) is 32.0 Å². The maximum Gasteiger partial charge on any atom is 0.335 e. The predicted octanol–water partition coefficient (Wildman–Crippen LogP) is 4.32. The average molecular weight is 261 g/mol. The van der Waals surface area contributed by atoms with Crippen LogP contribution in [0.5, 0.6) is 0 Å². The molecule has 0 aliphatic carbocycles. The van der Waals surface area contributed by atoms with Gasteiger partial charge in [0.15, 0.2) is 0 Å². The number of hydrogen-bond acceptors (Lipinski definition) is 1. The minimum Gasteiger partial charge on any atom is -0.478 e. The molecule has 0 bridgehead atoms. The van der Waals surface area contributed by atoms with Gasteiger partial charge in [-0.05, 0) is 54.3 Å². The monoisotopic (exact) mass is 260 g/mol. The van der Waals surface area contributed by atoms with Gasteiger partial charge in [-0.2, -0.15) is 0 Å². The third-order valence-electron chi connectivity index (χ3n) is 2.98. The first-order valence-electron chi connectivity index (χ1n) is 5.59. The normalized spacial score (nSPS) is 10.4. The largest absolute Gasteiger partial charge is 0.478 e. The van der Waals surface area contributed by atoms with Crippen LogP contribution in [0.3, 0.4) is 0 Å². The van der Waals surface area contributed by atoms with E-state index in [1.54, 1.807) is 12.1 Å². The lowest BCUT2D eigenvalue weighted by Gasteiger charge is -2.07. The maximum atomic E-state index is 11.0. The van der Waals surface area contributed by atoms with Crippen molar-refractivity contribution in [3.05, 3.63) is 58.1 Å². The lowest BCUT2D eigenvalue weighted by molar-refractivity contribution is 0.0697. The summed E-state index contributed by atoms with van der Waals surface area (Å²) in [5.41, 5.74) is 4.38. The van der Waals surface area contributed by atoms with Crippen LogP contribution in [-0.2, 0) is 0 Å². The van der Waals surface area contributed by atoms with E-state index >= 15 is 0 Å². The Morgan fingerprint density at radius 3 is 2.33 bits per heavy atom. The Morgan fingerprint density at radius 1 is 1.00 bits per heavy atom. The number of hydrogen-bond donors (Lipinski definition) is 1. The molecule has 18 heavy (non-hydrogen) atoms. The van der Waals surface area contributed by atoms with Crippen LogP contribution in [0.15, 0.2) is 36.4 Å². The van der Waals surface area contributed by atoms with Gasteiger partial charge in [-0.25, -0.2) is 4.79 Å². The third kappa shape index (κ3) is 2.54. The van der Waals surface area contributed by atoms with E-state index < -0.39 is 5.97 Å². The lowest BCUT2D eigenvalue weighted by Crippen LogP contribution is -1.96. The van der Waals surface area contributed by atoms with Crippen molar-refractivity contribution >= 4 is 17.6 Å². The van der Waals surface area contributed by atoms with Crippen LogP contribution >= 0.6 is 11.6 Å². The van der Waals surface area contributed by atoms with Crippen LogP contribution in [0.1, 0.15) is 21.5 Å². The zero-order valence-electron chi connectivity index (χ0n) is 10.2. The van der Waals surface area contributed by atoms with Gasteiger partial charge in [0.2, 0.25) is 0 Å². The van der Waals surface area contributed by atoms with Gasteiger partial charge in [0.1, 0.15) is 0 Å². The summed E-state index contributed by atoms with van der Waals surface area (Å²) >= 11 is 5.95. The zero-order chi connectivity index (χ0) is 13.3. The van der Waals surface area contributed by atoms with Crippen molar-refractivity contribution in [2.75, 3.05) is 0 Å². The molecule has 0 aliphatic rings.